The van der Waals surface area contributed by atoms with Crippen LogP contribution in [0.5, 0.6) is 11.5 Å². The summed E-state index contributed by atoms with van der Waals surface area (Å²) in [6.45, 7) is 2.55. The number of ether oxygens (including phenoxy) is 2. The van der Waals surface area contributed by atoms with Crippen LogP contribution in [0.25, 0.3) is 5.65 Å². The van der Waals surface area contributed by atoms with E-state index < -0.39 is 0 Å². The average Bonchev–Trinajstić information content (AvgIpc) is 3.29. The number of para-hydroxylation sites is 1. The standard InChI is InChI=1S/C17H19N7O3/c1-3-19-17(25)22-11-8-20-24-14(18-2)7-13(23-16(11)24)21-10-5-4-6-12-15(10)27-9-26-12/h4-8,18H,3,9H2,1-2H3,(H,21,23)(H2,19,22,25). The van der Waals surface area contributed by atoms with E-state index in [1.54, 1.807) is 17.8 Å². The first kappa shape index (κ1) is 16.8. The molecule has 0 atom stereocenters. The molecule has 0 radical (unpaired) electrons. The maximum Gasteiger partial charge on any atom is 0.319 e. The molecule has 1 aliphatic heterocycles. The van der Waals surface area contributed by atoms with Crippen LogP contribution >= 0.6 is 0 Å². The van der Waals surface area contributed by atoms with Gasteiger partial charge >= 0.3 is 6.03 Å². The predicted molar refractivity (Wildman–Crippen MR) is 101 cm³/mol. The number of nitrogens with one attached hydrogen (secondary N) is 4. The van der Waals surface area contributed by atoms with Gasteiger partial charge in [0, 0.05) is 19.7 Å². The van der Waals surface area contributed by atoms with Crippen LogP contribution in [0.2, 0.25) is 0 Å². The normalized spacial score (nSPS) is 12.1. The molecule has 10 heteroatoms. The minimum Gasteiger partial charge on any atom is -0.454 e. The Hall–Kier alpha value is -3.69. The predicted octanol–water partition coefficient (Wildman–Crippen LogP) is 2.38. The van der Waals surface area contributed by atoms with E-state index in [0.717, 1.165) is 5.69 Å². The van der Waals surface area contributed by atoms with Crippen molar-refractivity contribution in [1.82, 2.24) is 19.9 Å². The number of aromatic nitrogens is 3. The van der Waals surface area contributed by atoms with E-state index in [2.05, 4.69) is 31.3 Å². The van der Waals surface area contributed by atoms with Crippen LogP contribution in [0.1, 0.15) is 6.92 Å². The number of benzene rings is 1. The zero-order chi connectivity index (χ0) is 18.8. The molecule has 0 spiro atoms. The first-order valence-corrected chi connectivity index (χ1v) is 8.46. The number of carbonyl (C=O) groups is 1. The van der Waals surface area contributed by atoms with Crippen LogP contribution in [0.3, 0.4) is 0 Å². The highest BCUT2D eigenvalue weighted by Crippen LogP contribution is 2.40. The highest BCUT2D eigenvalue weighted by Gasteiger charge is 2.19. The maximum absolute atomic E-state index is 11.9. The molecule has 2 aromatic heterocycles. The highest BCUT2D eigenvalue weighted by molar-refractivity contribution is 5.93. The lowest BCUT2D eigenvalue weighted by Gasteiger charge is -2.12. The van der Waals surface area contributed by atoms with E-state index >= 15 is 0 Å². The molecule has 1 aliphatic rings. The van der Waals surface area contributed by atoms with E-state index in [9.17, 15) is 4.79 Å². The minimum absolute atomic E-state index is 0.186. The van der Waals surface area contributed by atoms with Crippen molar-refractivity contribution in [1.29, 1.82) is 0 Å². The summed E-state index contributed by atoms with van der Waals surface area (Å²) in [5, 5.41) is 16.0. The van der Waals surface area contributed by atoms with E-state index in [4.69, 9.17) is 9.47 Å². The molecule has 0 saturated carbocycles. The Bertz CT molecular complexity index is 1000. The Morgan fingerprint density at radius 3 is 3.00 bits per heavy atom. The van der Waals surface area contributed by atoms with Gasteiger partial charge in [0.05, 0.1) is 11.9 Å². The van der Waals surface area contributed by atoms with Crippen molar-refractivity contribution >= 4 is 34.7 Å². The molecule has 27 heavy (non-hydrogen) atoms. The number of urea groups is 1. The van der Waals surface area contributed by atoms with Crippen molar-refractivity contribution in [3.63, 3.8) is 0 Å². The van der Waals surface area contributed by atoms with Gasteiger partial charge in [-0.15, -0.1) is 0 Å². The van der Waals surface area contributed by atoms with Crippen molar-refractivity contribution in [3.05, 3.63) is 30.5 Å². The van der Waals surface area contributed by atoms with Crippen molar-refractivity contribution in [2.75, 3.05) is 36.3 Å². The lowest BCUT2D eigenvalue weighted by molar-refractivity contribution is 0.174. The summed E-state index contributed by atoms with van der Waals surface area (Å²) in [6, 6.07) is 7.08. The van der Waals surface area contributed by atoms with Gasteiger partial charge in [-0.3, -0.25) is 0 Å². The fourth-order valence-electron chi connectivity index (χ4n) is 2.79. The molecule has 2 amide bonds. The Kier molecular flexibility index (Phi) is 4.29. The van der Waals surface area contributed by atoms with Crippen LogP contribution < -0.4 is 30.7 Å². The van der Waals surface area contributed by atoms with Gasteiger partial charge in [-0.25, -0.2) is 9.78 Å². The minimum atomic E-state index is -0.315. The van der Waals surface area contributed by atoms with Gasteiger partial charge in [0.25, 0.3) is 0 Å². The molecule has 0 aliphatic carbocycles. The summed E-state index contributed by atoms with van der Waals surface area (Å²) in [6.07, 6.45) is 1.55. The third-order valence-corrected chi connectivity index (χ3v) is 3.97. The number of hydrogen-bond acceptors (Lipinski definition) is 7. The zero-order valence-corrected chi connectivity index (χ0v) is 14.9. The fourth-order valence-corrected chi connectivity index (χ4v) is 2.79. The third-order valence-electron chi connectivity index (χ3n) is 3.97. The molecular weight excluding hydrogens is 350 g/mol. The van der Waals surface area contributed by atoms with Crippen molar-refractivity contribution in [2.24, 2.45) is 0 Å². The van der Waals surface area contributed by atoms with Crippen LogP contribution in [-0.4, -0.2) is 41.0 Å². The average molecular weight is 369 g/mol. The molecule has 10 nitrogen and oxygen atoms in total. The van der Waals surface area contributed by atoms with Gasteiger partial charge in [-0.05, 0) is 19.1 Å². The van der Waals surface area contributed by atoms with Crippen LogP contribution in [0.4, 0.5) is 27.8 Å². The van der Waals surface area contributed by atoms with Gasteiger partial charge in [0.1, 0.15) is 17.3 Å². The van der Waals surface area contributed by atoms with Gasteiger partial charge in [-0.1, -0.05) is 6.07 Å². The Labute approximate surface area is 154 Å². The lowest BCUT2D eigenvalue weighted by atomic mass is 10.2. The maximum atomic E-state index is 11.9. The second-order valence-corrected chi connectivity index (χ2v) is 5.72. The summed E-state index contributed by atoms with van der Waals surface area (Å²) >= 11 is 0. The van der Waals surface area contributed by atoms with Crippen LogP contribution in [0.15, 0.2) is 30.5 Å². The zero-order valence-electron chi connectivity index (χ0n) is 14.9. The summed E-state index contributed by atoms with van der Waals surface area (Å²) in [5.41, 5.74) is 1.74. The third kappa shape index (κ3) is 3.12. The monoisotopic (exact) mass is 369 g/mol. The topological polar surface area (TPSA) is 114 Å². The summed E-state index contributed by atoms with van der Waals surface area (Å²) in [5.74, 6) is 2.59. The Morgan fingerprint density at radius 2 is 2.19 bits per heavy atom. The molecule has 4 rings (SSSR count). The summed E-state index contributed by atoms with van der Waals surface area (Å²) < 4.78 is 12.5. The number of nitrogens with zero attached hydrogens (tertiary/aromatic N) is 3. The molecule has 0 unspecified atom stereocenters. The smallest absolute Gasteiger partial charge is 0.319 e. The second-order valence-electron chi connectivity index (χ2n) is 5.72. The number of carbonyl (C=O) groups excluding carboxylic acids is 1. The van der Waals surface area contributed by atoms with Gasteiger partial charge in [0.2, 0.25) is 6.79 Å². The molecule has 1 aromatic carbocycles. The van der Waals surface area contributed by atoms with E-state index in [1.165, 1.54) is 0 Å². The molecule has 0 bridgehead atoms. The number of anilines is 4. The first-order chi connectivity index (χ1) is 13.2. The van der Waals surface area contributed by atoms with Gasteiger partial charge in [0.15, 0.2) is 17.1 Å². The summed E-state index contributed by atoms with van der Waals surface area (Å²) in [4.78, 5) is 16.5. The number of fused-ring (bicyclic) bond motifs is 2. The van der Waals surface area contributed by atoms with Crippen molar-refractivity contribution < 1.29 is 14.3 Å². The number of rotatable bonds is 5. The largest absolute Gasteiger partial charge is 0.454 e. The van der Waals surface area contributed by atoms with Crippen molar-refractivity contribution in [3.8, 4) is 11.5 Å². The SMILES string of the molecule is CCNC(=O)Nc1cnn2c(NC)cc(Nc3cccc4c3OCO4)nc12. The molecule has 0 saturated heterocycles. The molecule has 3 aromatic rings. The Morgan fingerprint density at radius 1 is 1.30 bits per heavy atom. The van der Waals surface area contributed by atoms with Gasteiger partial charge in [-0.2, -0.15) is 9.61 Å². The molecular formula is C17H19N7O3. The molecule has 0 fully saturated rings. The molecule has 3 heterocycles. The summed E-state index contributed by atoms with van der Waals surface area (Å²) in [7, 11) is 1.79. The first-order valence-electron chi connectivity index (χ1n) is 8.46. The molecule has 4 N–H and O–H groups in total. The number of hydrogen-bond donors (Lipinski definition) is 4. The second kappa shape index (κ2) is 6.90. The highest BCUT2D eigenvalue weighted by atomic mass is 16.7. The Balaban J connectivity index is 1.71. The van der Waals surface area contributed by atoms with Crippen LogP contribution in [-0.2, 0) is 0 Å². The fraction of sp³-hybridized carbons (Fsp3) is 0.235. The molecule has 140 valence electrons. The number of amides is 2. The van der Waals surface area contributed by atoms with Crippen LogP contribution in [0, 0.1) is 0 Å². The van der Waals surface area contributed by atoms with Gasteiger partial charge < -0.3 is 30.7 Å². The van der Waals surface area contributed by atoms with Crippen molar-refractivity contribution in [2.45, 2.75) is 6.92 Å². The van der Waals surface area contributed by atoms with E-state index in [-0.39, 0.29) is 12.8 Å². The lowest BCUT2D eigenvalue weighted by Crippen LogP contribution is -2.28. The van der Waals surface area contributed by atoms with E-state index in [0.29, 0.717) is 41.0 Å². The quantitative estimate of drug-likeness (QED) is 0.546. The van der Waals surface area contributed by atoms with E-state index in [1.807, 2.05) is 31.2 Å².